The number of benzene rings is 1. The van der Waals surface area contributed by atoms with Crippen molar-refractivity contribution in [2.24, 2.45) is 10.8 Å². The molecule has 1 aliphatic heterocycles. The molecule has 1 spiro atoms. The molecule has 25 heavy (non-hydrogen) atoms. The third kappa shape index (κ3) is 2.37. The summed E-state index contributed by atoms with van der Waals surface area (Å²) in [6.07, 6.45) is 5.43. The number of alkyl halides is 3. The molecule has 0 saturated heterocycles. The first-order valence-corrected chi connectivity index (χ1v) is 8.75. The first-order chi connectivity index (χ1) is 11.7. The molecule has 0 fully saturated rings. The highest BCUT2D eigenvalue weighted by atomic mass is 35.5. The fourth-order valence-electron chi connectivity index (χ4n) is 4.65. The summed E-state index contributed by atoms with van der Waals surface area (Å²) in [4.78, 5) is 0. The first kappa shape index (κ1) is 16.8. The largest absolute Gasteiger partial charge is 0.417 e. The van der Waals surface area contributed by atoms with Gasteiger partial charge in [0.1, 0.15) is 0 Å². The fraction of sp³-hybridized carbons (Fsp3) is 0.400. The van der Waals surface area contributed by atoms with Crippen LogP contribution in [0.3, 0.4) is 0 Å². The van der Waals surface area contributed by atoms with Gasteiger partial charge in [-0.15, -0.1) is 0 Å². The fourth-order valence-corrected chi connectivity index (χ4v) is 4.82. The Balaban J connectivity index is 1.83. The van der Waals surface area contributed by atoms with E-state index in [0.29, 0.717) is 17.0 Å². The lowest BCUT2D eigenvalue weighted by Crippen LogP contribution is -2.49. The van der Waals surface area contributed by atoms with Gasteiger partial charge in [0.15, 0.2) is 0 Å². The Morgan fingerprint density at radius 1 is 1.20 bits per heavy atom. The predicted molar refractivity (Wildman–Crippen MR) is 94.0 cm³/mol. The van der Waals surface area contributed by atoms with Crippen molar-refractivity contribution in [1.82, 2.24) is 5.32 Å². The molecule has 0 aromatic heterocycles. The predicted octanol–water partition coefficient (Wildman–Crippen LogP) is 5.97. The van der Waals surface area contributed by atoms with Gasteiger partial charge in [0.05, 0.1) is 5.56 Å². The minimum Gasteiger partial charge on any atom is -0.386 e. The maximum Gasteiger partial charge on any atom is 0.417 e. The highest BCUT2D eigenvalue weighted by Crippen LogP contribution is 2.59. The normalized spacial score (nSPS) is 29.6. The number of hydrogen-bond acceptors (Lipinski definition) is 1. The van der Waals surface area contributed by atoms with Gasteiger partial charge >= 0.3 is 6.18 Å². The van der Waals surface area contributed by atoms with Crippen molar-refractivity contribution in [2.45, 2.75) is 38.9 Å². The zero-order chi connectivity index (χ0) is 18.0. The molecule has 1 aromatic rings. The van der Waals surface area contributed by atoms with Crippen molar-refractivity contribution in [1.29, 1.82) is 0 Å². The molecule has 0 radical (unpaired) electrons. The van der Waals surface area contributed by atoms with Crippen molar-refractivity contribution in [3.8, 4) is 0 Å². The van der Waals surface area contributed by atoms with Crippen molar-refractivity contribution < 1.29 is 13.2 Å². The average molecular weight is 366 g/mol. The molecule has 132 valence electrons. The van der Waals surface area contributed by atoms with Crippen molar-refractivity contribution in [3.05, 3.63) is 64.3 Å². The van der Waals surface area contributed by atoms with Crippen LogP contribution in [-0.4, -0.2) is 6.04 Å². The van der Waals surface area contributed by atoms with Crippen molar-refractivity contribution in [3.63, 3.8) is 0 Å². The molecule has 0 saturated carbocycles. The molecule has 2 atom stereocenters. The van der Waals surface area contributed by atoms with Gasteiger partial charge in [-0.2, -0.15) is 13.2 Å². The van der Waals surface area contributed by atoms with E-state index in [2.05, 4.69) is 31.3 Å². The van der Waals surface area contributed by atoms with Crippen molar-refractivity contribution >= 4 is 17.2 Å². The average Bonchev–Trinajstić information content (AvgIpc) is 3.01. The number of nitrogens with one attached hydrogen (secondary N) is 1. The van der Waals surface area contributed by atoms with Gasteiger partial charge in [0.25, 0.3) is 0 Å². The summed E-state index contributed by atoms with van der Waals surface area (Å²) >= 11 is 6.03. The van der Waals surface area contributed by atoms with Crippen LogP contribution in [0.4, 0.5) is 13.2 Å². The smallest absolute Gasteiger partial charge is 0.386 e. The van der Waals surface area contributed by atoms with Crippen LogP contribution >= 0.6 is 11.6 Å². The molecule has 0 amide bonds. The molecule has 1 N–H and O–H groups in total. The molecule has 1 aromatic carbocycles. The van der Waals surface area contributed by atoms with Crippen LogP contribution in [-0.2, 0) is 6.18 Å². The van der Waals surface area contributed by atoms with Gasteiger partial charge in [-0.05, 0) is 53.2 Å². The van der Waals surface area contributed by atoms with Crippen LogP contribution in [0.25, 0.3) is 5.57 Å². The summed E-state index contributed by atoms with van der Waals surface area (Å²) in [5.74, 6) is 0. The third-order valence-electron chi connectivity index (χ3n) is 5.76. The lowest BCUT2D eigenvalue weighted by atomic mass is 9.61. The van der Waals surface area contributed by atoms with Crippen LogP contribution in [0.2, 0.25) is 5.02 Å². The van der Waals surface area contributed by atoms with E-state index in [0.717, 1.165) is 18.1 Å². The zero-order valence-corrected chi connectivity index (χ0v) is 14.8. The summed E-state index contributed by atoms with van der Waals surface area (Å²) in [7, 11) is 0. The van der Waals surface area contributed by atoms with E-state index in [1.165, 1.54) is 12.1 Å². The van der Waals surface area contributed by atoms with E-state index in [4.69, 9.17) is 11.6 Å². The molecule has 4 rings (SSSR count). The summed E-state index contributed by atoms with van der Waals surface area (Å²) in [6.45, 7) is 4.40. The Kier molecular flexibility index (Phi) is 3.46. The number of rotatable bonds is 1. The van der Waals surface area contributed by atoms with Gasteiger partial charge in [0.2, 0.25) is 0 Å². The second-order valence-electron chi connectivity index (χ2n) is 7.80. The molecule has 1 heterocycles. The lowest BCUT2D eigenvalue weighted by Gasteiger charge is -2.45. The molecule has 1 nitrogen and oxygen atoms in total. The summed E-state index contributed by atoms with van der Waals surface area (Å²) in [6, 6.07) is 3.99. The topological polar surface area (TPSA) is 12.0 Å². The molecule has 5 heteroatoms. The molecule has 0 bridgehead atoms. The second-order valence-corrected chi connectivity index (χ2v) is 8.24. The number of halogens is 4. The molecular formula is C20H19ClF3N. The first-order valence-electron chi connectivity index (χ1n) is 8.37. The van der Waals surface area contributed by atoms with Crippen LogP contribution in [0.15, 0.2) is 48.2 Å². The Morgan fingerprint density at radius 3 is 2.68 bits per heavy atom. The quantitative estimate of drug-likeness (QED) is 0.604. The minimum atomic E-state index is -4.41. The van der Waals surface area contributed by atoms with E-state index >= 15 is 0 Å². The van der Waals surface area contributed by atoms with E-state index in [1.54, 1.807) is 0 Å². The molecule has 2 aliphatic carbocycles. The highest BCUT2D eigenvalue weighted by molar-refractivity contribution is 6.30. The van der Waals surface area contributed by atoms with E-state index in [-0.39, 0.29) is 22.4 Å². The number of allylic oxidation sites excluding steroid dienone is 3. The summed E-state index contributed by atoms with van der Waals surface area (Å²) in [5, 5.41) is 3.76. The standard InChI is InChI=1S/C20H19ClF3N/c1-18(2)7-3-8-19-9-6-13(16(19)11-25-17(18)19)14-10-12(21)4-5-15(14)20(22,23)24/h3-6,8,10-11,17,25H,7,9H2,1-2H3. The van der Waals surface area contributed by atoms with E-state index in [1.807, 2.05) is 12.3 Å². The molecule has 2 unspecified atom stereocenters. The summed E-state index contributed by atoms with van der Waals surface area (Å²) in [5.41, 5.74) is 0.896. The van der Waals surface area contributed by atoms with Gasteiger partial charge in [-0.3, -0.25) is 0 Å². The van der Waals surface area contributed by atoms with E-state index in [9.17, 15) is 13.2 Å². The SMILES string of the molecule is CC1(C)CC=CC23CC=C(c4cc(Cl)ccc4C(F)(F)F)C2=CNC13. The van der Waals surface area contributed by atoms with Gasteiger partial charge in [0, 0.05) is 22.7 Å². The van der Waals surface area contributed by atoms with Crippen LogP contribution in [0.5, 0.6) is 0 Å². The van der Waals surface area contributed by atoms with Gasteiger partial charge in [-0.1, -0.05) is 43.7 Å². The third-order valence-corrected chi connectivity index (χ3v) is 6.00. The maximum absolute atomic E-state index is 13.5. The Hall–Kier alpha value is -1.68. The van der Waals surface area contributed by atoms with Crippen molar-refractivity contribution in [2.75, 3.05) is 0 Å². The van der Waals surface area contributed by atoms with Crippen LogP contribution in [0, 0.1) is 10.8 Å². The van der Waals surface area contributed by atoms with Crippen LogP contribution < -0.4 is 5.32 Å². The Labute approximate surface area is 150 Å². The minimum absolute atomic E-state index is 0.0392. The lowest BCUT2D eigenvalue weighted by molar-refractivity contribution is -0.137. The zero-order valence-electron chi connectivity index (χ0n) is 14.0. The maximum atomic E-state index is 13.5. The van der Waals surface area contributed by atoms with E-state index < -0.39 is 11.7 Å². The Morgan fingerprint density at radius 2 is 1.96 bits per heavy atom. The monoisotopic (exact) mass is 365 g/mol. The van der Waals surface area contributed by atoms with Gasteiger partial charge in [-0.25, -0.2) is 0 Å². The van der Waals surface area contributed by atoms with Gasteiger partial charge < -0.3 is 5.32 Å². The highest BCUT2D eigenvalue weighted by Gasteiger charge is 2.54. The number of hydrogen-bond donors (Lipinski definition) is 1. The summed E-state index contributed by atoms with van der Waals surface area (Å²) < 4.78 is 40.5. The second kappa shape index (κ2) is 5.16. The van der Waals surface area contributed by atoms with Crippen LogP contribution in [0.1, 0.15) is 37.8 Å². The molecular weight excluding hydrogens is 347 g/mol. The Bertz CT molecular complexity index is 832. The molecule has 3 aliphatic rings.